The fourth-order valence-corrected chi connectivity index (χ4v) is 3.56. The van der Waals surface area contributed by atoms with Gasteiger partial charge in [0.2, 0.25) is 11.9 Å². The van der Waals surface area contributed by atoms with Crippen LogP contribution in [0.4, 0.5) is 11.8 Å². The number of nitrogens with one attached hydrogen (secondary N) is 2. The van der Waals surface area contributed by atoms with Gasteiger partial charge in [0, 0.05) is 44.0 Å². The number of allylic oxidation sites excluding steroid dienone is 1. The molecule has 9 heteroatoms. The summed E-state index contributed by atoms with van der Waals surface area (Å²) in [7, 11) is 0. The van der Waals surface area contributed by atoms with Crippen molar-refractivity contribution >= 4 is 45.4 Å². The molecule has 2 aromatic heterocycles. The van der Waals surface area contributed by atoms with Gasteiger partial charge in [-0.2, -0.15) is 4.98 Å². The molecule has 1 aliphatic rings. The van der Waals surface area contributed by atoms with Gasteiger partial charge in [-0.3, -0.25) is 9.79 Å². The molecule has 148 valence electrons. The van der Waals surface area contributed by atoms with Crippen LogP contribution in [0, 0.1) is 5.92 Å². The molecule has 0 atom stereocenters. The van der Waals surface area contributed by atoms with E-state index >= 15 is 0 Å². The summed E-state index contributed by atoms with van der Waals surface area (Å²) in [6.45, 7) is 9.70. The number of thiophene rings is 1. The lowest BCUT2D eigenvalue weighted by molar-refractivity contribution is -0.131. The van der Waals surface area contributed by atoms with Crippen LogP contribution < -0.4 is 16.4 Å². The Morgan fingerprint density at radius 3 is 2.96 bits per heavy atom. The fourth-order valence-electron chi connectivity index (χ4n) is 2.76. The van der Waals surface area contributed by atoms with Crippen molar-refractivity contribution < 1.29 is 4.79 Å². The third-order valence-corrected chi connectivity index (χ3v) is 5.16. The van der Waals surface area contributed by atoms with Crippen molar-refractivity contribution in [1.29, 1.82) is 0 Å². The number of hydrogen-bond acceptors (Lipinski definition) is 8. The molecule has 1 aliphatic heterocycles. The standard InChI is InChI=1S/C19H25N7OS/c1-4-16(27)26-10-13(11-26)8-22-18-17-15(5-6-28-17)24-19(25-18)23-14(7-20)9-21-12(2)3/h4-7,9,12-13H,1,8,10-11,20H2,2-3H3,(H2,22,23,24,25). The molecule has 0 aliphatic carbocycles. The number of carbonyl (C=O) groups excluding carboxylic acids is 1. The van der Waals surface area contributed by atoms with Crippen molar-refractivity contribution in [3.8, 4) is 0 Å². The van der Waals surface area contributed by atoms with Gasteiger partial charge in [-0.15, -0.1) is 11.3 Å². The monoisotopic (exact) mass is 399 g/mol. The molecule has 0 spiro atoms. The minimum atomic E-state index is -0.0189. The highest BCUT2D eigenvalue weighted by Crippen LogP contribution is 2.28. The number of amides is 1. The summed E-state index contributed by atoms with van der Waals surface area (Å²) in [6.07, 6.45) is 4.48. The molecule has 3 rings (SSSR count). The Labute approximate surface area is 168 Å². The number of likely N-dealkylation sites (tertiary alicyclic amines) is 1. The summed E-state index contributed by atoms with van der Waals surface area (Å²) in [5.41, 5.74) is 7.18. The number of aromatic nitrogens is 2. The lowest BCUT2D eigenvalue weighted by Crippen LogP contribution is -2.51. The molecule has 1 amide bonds. The van der Waals surface area contributed by atoms with E-state index in [0.717, 1.165) is 35.7 Å². The number of fused-ring (bicyclic) bond motifs is 1. The highest BCUT2D eigenvalue weighted by molar-refractivity contribution is 7.17. The zero-order valence-electron chi connectivity index (χ0n) is 16.1. The van der Waals surface area contributed by atoms with Crippen molar-refractivity contribution in [2.75, 3.05) is 30.3 Å². The van der Waals surface area contributed by atoms with E-state index in [1.165, 1.54) is 12.3 Å². The van der Waals surface area contributed by atoms with Gasteiger partial charge in [0.05, 0.1) is 15.9 Å². The lowest BCUT2D eigenvalue weighted by Gasteiger charge is -2.38. The largest absolute Gasteiger partial charge is 0.403 e. The Morgan fingerprint density at radius 2 is 2.29 bits per heavy atom. The third-order valence-electron chi connectivity index (χ3n) is 4.25. The van der Waals surface area contributed by atoms with Crippen LogP contribution in [0.5, 0.6) is 0 Å². The summed E-state index contributed by atoms with van der Waals surface area (Å²) >= 11 is 1.59. The predicted octanol–water partition coefficient (Wildman–Crippen LogP) is 2.44. The van der Waals surface area contributed by atoms with Gasteiger partial charge < -0.3 is 21.3 Å². The molecule has 0 unspecified atom stereocenters. The normalized spacial score (nSPS) is 15.2. The van der Waals surface area contributed by atoms with Crippen molar-refractivity contribution in [1.82, 2.24) is 14.9 Å². The van der Waals surface area contributed by atoms with Crippen LogP contribution in [0.15, 0.2) is 41.0 Å². The molecule has 0 bridgehead atoms. The third kappa shape index (κ3) is 4.66. The maximum atomic E-state index is 11.6. The molecule has 1 fully saturated rings. The lowest BCUT2D eigenvalue weighted by atomic mass is 10.00. The first-order chi connectivity index (χ1) is 13.5. The maximum Gasteiger partial charge on any atom is 0.245 e. The number of carbonyl (C=O) groups is 1. The van der Waals surface area contributed by atoms with E-state index in [4.69, 9.17) is 5.73 Å². The molecule has 0 radical (unpaired) electrons. The summed E-state index contributed by atoms with van der Waals surface area (Å²) in [4.78, 5) is 26.8. The molecule has 8 nitrogen and oxygen atoms in total. The number of aliphatic imine (C=N–C) groups is 1. The SMILES string of the molecule is C=CC(=O)N1CC(CNc2nc(NC(C=NC(C)C)=CN)nc3ccsc23)C1. The van der Waals surface area contributed by atoms with E-state index < -0.39 is 0 Å². The molecule has 1 saturated heterocycles. The zero-order valence-corrected chi connectivity index (χ0v) is 16.9. The average molecular weight is 400 g/mol. The van der Waals surface area contributed by atoms with Gasteiger partial charge in [-0.1, -0.05) is 6.58 Å². The van der Waals surface area contributed by atoms with Crippen LogP contribution in [-0.4, -0.2) is 52.7 Å². The van der Waals surface area contributed by atoms with Crippen molar-refractivity contribution in [2.45, 2.75) is 19.9 Å². The Bertz CT molecular complexity index is 912. The summed E-state index contributed by atoms with van der Waals surface area (Å²) in [6, 6.07) is 2.13. The van der Waals surface area contributed by atoms with E-state index in [1.807, 2.05) is 25.3 Å². The molecule has 2 aromatic rings. The van der Waals surface area contributed by atoms with Gasteiger partial charge >= 0.3 is 0 Å². The van der Waals surface area contributed by atoms with Gasteiger partial charge in [0.15, 0.2) is 0 Å². The van der Waals surface area contributed by atoms with E-state index in [2.05, 4.69) is 32.2 Å². The molecule has 0 saturated carbocycles. The first-order valence-corrected chi connectivity index (χ1v) is 10.0. The van der Waals surface area contributed by atoms with Crippen LogP contribution >= 0.6 is 11.3 Å². The second-order valence-electron chi connectivity index (χ2n) is 6.84. The summed E-state index contributed by atoms with van der Waals surface area (Å²) in [5.74, 6) is 1.60. The van der Waals surface area contributed by atoms with Crippen LogP contribution in [0.2, 0.25) is 0 Å². The molecule has 4 N–H and O–H groups in total. The van der Waals surface area contributed by atoms with Crippen LogP contribution in [0.3, 0.4) is 0 Å². The van der Waals surface area contributed by atoms with Gasteiger partial charge in [-0.25, -0.2) is 4.98 Å². The second kappa shape index (κ2) is 8.83. The van der Waals surface area contributed by atoms with E-state index in [1.54, 1.807) is 22.5 Å². The van der Waals surface area contributed by atoms with Crippen LogP contribution in [0.1, 0.15) is 13.8 Å². The number of anilines is 2. The van der Waals surface area contributed by atoms with Gasteiger partial charge in [-0.05, 0) is 31.4 Å². The fraction of sp³-hybridized carbons (Fsp3) is 0.368. The summed E-state index contributed by atoms with van der Waals surface area (Å²) < 4.78 is 0.998. The number of rotatable bonds is 8. The van der Waals surface area contributed by atoms with Crippen LogP contribution in [-0.2, 0) is 4.79 Å². The molecule has 3 heterocycles. The van der Waals surface area contributed by atoms with E-state index in [9.17, 15) is 4.79 Å². The smallest absolute Gasteiger partial charge is 0.245 e. The zero-order chi connectivity index (χ0) is 20.1. The highest BCUT2D eigenvalue weighted by Gasteiger charge is 2.29. The minimum Gasteiger partial charge on any atom is -0.403 e. The Hall–Kier alpha value is -2.94. The second-order valence-corrected chi connectivity index (χ2v) is 7.76. The van der Waals surface area contributed by atoms with Gasteiger partial charge in [0.1, 0.15) is 5.82 Å². The topological polar surface area (TPSA) is 109 Å². The molecule has 0 aromatic carbocycles. The Kier molecular flexibility index (Phi) is 6.25. The van der Waals surface area contributed by atoms with Crippen molar-refractivity contribution in [2.24, 2.45) is 16.6 Å². The Morgan fingerprint density at radius 1 is 1.50 bits per heavy atom. The first-order valence-electron chi connectivity index (χ1n) is 9.12. The van der Waals surface area contributed by atoms with Crippen molar-refractivity contribution in [3.63, 3.8) is 0 Å². The van der Waals surface area contributed by atoms with E-state index in [0.29, 0.717) is 17.6 Å². The van der Waals surface area contributed by atoms with Crippen molar-refractivity contribution in [3.05, 3.63) is 36.0 Å². The molecular formula is C19H25N7OS. The number of hydrogen-bond donors (Lipinski definition) is 3. The maximum absolute atomic E-state index is 11.6. The number of nitrogens with two attached hydrogens (primary N) is 1. The average Bonchev–Trinajstić information content (AvgIpc) is 3.11. The highest BCUT2D eigenvalue weighted by atomic mass is 32.1. The van der Waals surface area contributed by atoms with E-state index in [-0.39, 0.29) is 11.9 Å². The predicted molar refractivity (Wildman–Crippen MR) is 116 cm³/mol. The summed E-state index contributed by atoms with van der Waals surface area (Å²) in [5, 5.41) is 8.51. The van der Waals surface area contributed by atoms with Crippen LogP contribution in [0.25, 0.3) is 10.2 Å². The quantitative estimate of drug-likeness (QED) is 0.465. The molecular weight excluding hydrogens is 374 g/mol. The van der Waals surface area contributed by atoms with Gasteiger partial charge in [0.25, 0.3) is 0 Å². The Balaban J connectivity index is 1.69. The number of nitrogens with zero attached hydrogens (tertiary/aromatic N) is 4. The minimum absolute atomic E-state index is 0.0189. The molecule has 28 heavy (non-hydrogen) atoms. The first kappa shape index (κ1) is 19.8.